The topological polar surface area (TPSA) is 38.4 Å². The maximum atomic E-state index is 5.22. The van der Waals surface area contributed by atoms with Gasteiger partial charge in [-0.3, -0.25) is 0 Å². The number of nitrogens with zero attached hydrogens (tertiary/aromatic N) is 1. The third-order valence-corrected chi connectivity index (χ3v) is 1.54. The SMILES string of the molecule is NC(=S)N=C1CCCC1. The van der Waals surface area contributed by atoms with Crippen molar-refractivity contribution in [2.24, 2.45) is 10.7 Å². The van der Waals surface area contributed by atoms with Crippen molar-refractivity contribution in [2.75, 3.05) is 0 Å². The second kappa shape index (κ2) is 2.92. The molecule has 1 aliphatic rings. The molecule has 1 aliphatic carbocycles. The highest BCUT2D eigenvalue weighted by atomic mass is 32.1. The molecule has 0 saturated heterocycles. The van der Waals surface area contributed by atoms with E-state index < -0.39 is 0 Å². The van der Waals surface area contributed by atoms with E-state index in [9.17, 15) is 0 Å². The van der Waals surface area contributed by atoms with Gasteiger partial charge in [0.25, 0.3) is 0 Å². The zero-order valence-electron chi connectivity index (χ0n) is 5.26. The van der Waals surface area contributed by atoms with Gasteiger partial charge < -0.3 is 5.73 Å². The molecular weight excluding hydrogens is 132 g/mol. The summed E-state index contributed by atoms with van der Waals surface area (Å²) < 4.78 is 0. The maximum Gasteiger partial charge on any atom is 0.189 e. The first-order chi connectivity index (χ1) is 4.29. The Hall–Kier alpha value is -0.440. The number of nitrogens with two attached hydrogens (primary N) is 1. The lowest BCUT2D eigenvalue weighted by atomic mass is 10.3. The predicted octanol–water partition coefficient (Wildman–Crippen LogP) is 1.25. The Kier molecular flexibility index (Phi) is 2.16. The zero-order chi connectivity index (χ0) is 6.69. The van der Waals surface area contributed by atoms with E-state index >= 15 is 0 Å². The van der Waals surface area contributed by atoms with E-state index in [2.05, 4.69) is 17.2 Å². The van der Waals surface area contributed by atoms with Gasteiger partial charge in [-0.25, -0.2) is 4.99 Å². The highest BCUT2D eigenvalue weighted by Gasteiger charge is 2.07. The molecule has 9 heavy (non-hydrogen) atoms. The van der Waals surface area contributed by atoms with Gasteiger partial charge in [0.15, 0.2) is 5.11 Å². The molecule has 1 fully saturated rings. The van der Waals surface area contributed by atoms with Crippen molar-refractivity contribution in [3.8, 4) is 0 Å². The average Bonchev–Trinajstić information content (AvgIpc) is 2.15. The van der Waals surface area contributed by atoms with E-state index in [1.807, 2.05) is 0 Å². The summed E-state index contributed by atoms with van der Waals surface area (Å²) in [6.45, 7) is 0. The standard InChI is InChI=1S/C6H10N2S/c7-6(9)8-5-3-1-2-4-5/h1-4H2,(H2,7,9). The van der Waals surface area contributed by atoms with Gasteiger partial charge in [-0.15, -0.1) is 0 Å². The first kappa shape index (κ1) is 6.68. The Morgan fingerprint density at radius 1 is 1.44 bits per heavy atom. The molecule has 0 bridgehead atoms. The monoisotopic (exact) mass is 142 g/mol. The van der Waals surface area contributed by atoms with Gasteiger partial charge in [0.1, 0.15) is 0 Å². The van der Waals surface area contributed by atoms with Crippen LogP contribution in [0.4, 0.5) is 0 Å². The molecule has 0 amide bonds. The zero-order valence-corrected chi connectivity index (χ0v) is 6.08. The molecule has 2 N–H and O–H groups in total. The Bertz CT molecular complexity index is 143. The Morgan fingerprint density at radius 2 is 2.00 bits per heavy atom. The summed E-state index contributed by atoms with van der Waals surface area (Å²) in [7, 11) is 0. The third-order valence-electron chi connectivity index (χ3n) is 1.45. The lowest BCUT2D eigenvalue weighted by Gasteiger charge is -1.90. The third kappa shape index (κ3) is 2.10. The van der Waals surface area contributed by atoms with Crippen LogP contribution < -0.4 is 5.73 Å². The number of aliphatic imine (C=N–C) groups is 1. The number of hydrogen-bond donors (Lipinski definition) is 1. The minimum atomic E-state index is 0.284. The normalized spacial score (nSPS) is 18.0. The van der Waals surface area contributed by atoms with Gasteiger partial charge in [-0.1, -0.05) is 0 Å². The van der Waals surface area contributed by atoms with Crippen LogP contribution >= 0.6 is 12.2 Å². The number of hydrogen-bond acceptors (Lipinski definition) is 1. The van der Waals surface area contributed by atoms with Crippen molar-refractivity contribution in [3.63, 3.8) is 0 Å². The molecule has 0 aromatic heterocycles. The van der Waals surface area contributed by atoms with Crippen LogP contribution in [0.1, 0.15) is 25.7 Å². The van der Waals surface area contributed by atoms with E-state index in [0.717, 1.165) is 12.8 Å². The Balaban J connectivity index is 2.49. The summed E-state index contributed by atoms with van der Waals surface area (Å²) >= 11 is 4.62. The minimum absolute atomic E-state index is 0.284. The van der Waals surface area contributed by atoms with Gasteiger partial charge >= 0.3 is 0 Å². The van der Waals surface area contributed by atoms with Gasteiger partial charge in [0.05, 0.1) is 0 Å². The van der Waals surface area contributed by atoms with E-state index in [4.69, 9.17) is 5.73 Å². The fourth-order valence-electron chi connectivity index (χ4n) is 1.05. The van der Waals surface area contributed by atoms with Crippen LogP contribution in [-0.2, 0) is 0 Å². The summed E-state index contributed by atoms with van der Waals surface area (Å²) in [5, 5.41) is 0.284. The van der Waals surface area contributed by atoms with Crippen LogP contribution in [0.15, 0.2) is 4.99 Å². The quantitative estimate of drug-likeness (QED) is 0.517. The molecule has 0 spiro atoms. The minimum Gasteiger partial charge on any atom is -0.374 e. The molecule has 0 heterocycles. The van der Waals surface area contributed by atoms with Crippen LogP contribution in [0.5, 0.6) is 0 Å². The first-order valence-corrected chi connectivity index (χ1v) is 3.56. The fraction of sp³-hybridized carbons (Fsp3) is 0.667. The van der Waals surface area contributed by atoms with E-state index in [1.54, 1.807) is 0 Å². The molecule has 0 radical (unpaired) electrons. The molecule has 0 atom stereocenters. The summed E-state index contributed by atoms with van der Waals surface area (Å²) in [6.07, 6.45) is 4.69. The average molecular weight is 142 g/mol. The fourth-order valence-corrected chi connectivity index (χ4v) is 1.18. The van der Waals surface area contributed by atoms with Crippen LogP contribution in [0.2, 0.25) is 0 Å². The summed E-state index contributed by atoms with van der Waals surface area (Å²) in [5.41, 5.74) is 6.40. The molecular formula is C6H10N2S. The second-order valence-corrected chi connectivity index (χ2v) is 2.64. The van der Waals surface area contributed by atoms with Gasteiger partial charge in [-0.05, 0) is 37.9 Å². The van der Waals surface area contributed by atoms with Crippen molar-refractivity contribution in [1.29, 1.82) is 0 Å². The van der Waals surface area contributed by atoms with E-state index in [1.165, 1.54) is 18.6 Å². The van der Waals surface area contributed by atoms with Crippen molar-refractivity contribution in [2.45, 2.75) is 25.7 Å². The van der Waals surface area contributed by atoms with Crippen LogP contribution in [0.25, 0.3) is 0 Å². The summed E-state index contributed by atoms with van der Waals surface area (Å²) in [6, 6.07) is 0. The summed E-state index contributed by atoms with van der Waals surface area (Å²) in [4.78, 5) is 4.00. The van der Waals surface area contributed by atoms with Gasteiger partial charge in [0, 0.05) is 5.71 Å². The summed E-state index contributed by atoms with van der Waals surface area (Å²) in [5.74, 6) is 0. The number of rotatable bonds is 0. The molecule has 1 rings (SSSR count). The number of thiocarbonyl (C=S) groups is 1. The Labute approximate surface area is 60.2 Å². The largest absolute Gasteiger partial charge is 0.374 e. The first-order valence-electron chi connectivity index (χ1n) is 3.15. The molecule has 0 unspecified atom stereocenters. The molecule has 1 saturated carbocycles. The van der Waals surface area contributed by atoms with Crippen molar-refractivity contribution < 1.29 is 0 Å². The molecule has 0 aromatic carbocycles. The maximum absolute atomic E-state index is 5.22. The Morgan fingerprint density at radius 3 is 2.44 bits per heavy atom. The highest BCUT2D eigenvalue weighted by Crippen LogP contribution is 2.14. The van der Waals surface area contributed by atoms with Crippen molar-refractivity contribution in [3.05, 3.63) is 0 Å². The van der Waals surface area contributed by atoms with E-state index in [-0.39, 0.29) is 5.11 Å². The van der Waals surface area contributed by atoms with E-state index in [0.29, 0.717) is 0 Å². The lowest BCUT2D eigenvalue weighted by Crippen LogP contribution is -2.06. The van der Waals surface area contributed by atoms with Gasteiger partial charge in [-0.2, -0.15) is 0 Å². The van der Waals surface area contributed by atoms with Crippen LogP contribution in [-0.4, -0.2) is 10.8 Å². The second-order valence-electron chi connectivity index (χ2n) is 2.22. The molecule has 50 valence electrons. The predicted molar refractivity (Wildman–Crippen MR) is 42.7 cm³/mol. The van der Waals surface area contributed by atoms with Gasteiger partial charge in [0.2, 0.25) is 0 Å². The molecule has 0 aromatic rings. The lowest BCUT2D eigenvalue weighted by molar-refractivity contribution is 0.886. The molecule has 0 aliphatic heterocycles. The molecule has 3 heteroatoms. The van der Waals surface area contributed by atoms with Crippen LogP contribution in [0.3, 0.4) is 0 Å². The molecule has 2 nitrogen and oxygen atoms in total. The smallest absolute Gasteiger partial charge is 0.189 e. The van der Waals surface area contributed by atoms with Crippen LogP contribution in [0, 0.1) is 0 Å². The van der Waals surface area contributed by atoms with Crippen molar-refractivity contribution >= 4 is 23.0 Å². The van der Waals surface area contributed by atoms with Crippen molar-refractivity contribution in [1.82, 2.24) is 0 Å². The highest BCUT2D eigenvalue weighted by molar-refractivity contribution is 7.80.